The second-order valence-corrected chi connectivity index (χ2v) is 9.23. The number of benzene rings is 2. The van der Waals surface area contributed by atoms with Crippen molar-refractivity contribution in [3.63, 3.8) is 0 Å². The zero-order valence-corrected chi connectivity index (χ0v) is 19.1. The van der Waals surface area contributed by atoms with Crippen molar-refractivity contribution >= 4 is 35.0 Å². The summed E-state index contributed by atoms with van der Waals surface area (Å²) in [5.41, 5.74) is 0.571. The van der Waals surface area contributed by atoms with Crippen LogP contribution in [0, 0.1) is 0 Å². The molecule has 1 aliphatic carbocycles. The van der Waals surface area contributed by atoms with E-state index in [0.29, 0.717) is 17.7 Å². The van der Waals surface area contributed by atoms with Crippen LogP contribution in [0.4, 0.5) is 0 Å². The summed E-state index contributed by atoms with van der Waals surface area (Å²) in [6, 6.07) is 9.07. The Balaban J connectivity index is 1.88. The standard InChI is InChI=1S/C23H24Cl2O5/c1-22(2,3)30-17(26)12-29-16-10-13-11-23(4,14-6-8-15(28-5)9-7-14)21(27)18(13)20(25)19(16)24/h6-10H,11-12H2,1-5H3. The molecule has 0 fully saturated rings. The Labute approximate surface area is 186 Å². The second-order valence-electron chi connectivity index (χ2n) is 8.48. The zero-order chi connectivity index (χ0) is 22.3. The quantitative estimate of drug-likeness (QED) is 0.569. The Hall–Kier alpha value is -2.24. The maximum Gasteiger partial charge on any atom is 0.344 e. The number of ether oxygens (including phenoxy) is 3. The van der Waals surface area contributed by atoms with E-state index in [4.69, 9.17) is 37.4 Å². The molecule has 1 atom stereocenters. The predicted molar refractivity (Wildman–Crippen MR) is 116 cm³/mol. The van der Waals surface area contributed by atoms with E-state index >= 15 is 0 Å². The zero-order valence-electron chi connectivity index (χ0n) is 17.6. The SMILES string of the molecule is COc1ccc(C2(C)Cc3cc(OCC(=O)OC(C)(C)C)c(Cl)c(Cl)c3C2=O)cc1. The van der Waals surface area contributed by atoms with Crippen LogP contribution in [0.5, 0.6) is 11.5 Å². The molecule has 0 spiro atoms. The molecule has 0 bridgehead atoms. The number of fused-ring (bicyclic) bond motifs is 1. The minimum Gasteiger partial charge on any atom is -0.497 e. The molecule has 2 aromatic carbocycles. The van der Waals surface area contributed by atoms with Crippen molar-refractivity contribution in [3.8, 4) is 11.5 Å². The molecule has 3 rings (SSSR count). The molecule has 1 aliphatic rings. The molecule has 0 saturated carbocycles. The summed E-state index contributed by atoms with van der Waals surface area (Å²) in [5, 5.41) is 0.238. The number of methoxy groups -OCH3 is 1. The van der Waals surface area contributed by atoms with E-state index in [1.54, 1.807) is 33.9 Å². The van der Waals surface area contributed by atoms with Crippen LogP contribution in [-0.4, -0.2) is 31.1 Å². The summed E-state index contributed by atoms with van der Waals surface area (Å²) in [5.74, 6) is 0.338. The highest BCUT2D eigenvalue weighted by molar-refractivity contribution is 6.45. The van der Waals surface area contributed by atoms with Gasteiger partial charge < -0.3 is 14.2 Å². The van der Waals surface area contributed by atoms with Crippen LogP contribution in [0.25, 0.3) is 0 Å². The normalized spacial score (nSPS) is 18.2. The average Bonchev–Trinajstić information content (AvgIpc) is 2.93. The van der Waals surface area contributed by atoms with Gasteiger partial charge in [-0.2, -0.15) is 0 Å². The summed E-state index contributed by atoms with van der Waals surface area (Å²) in [6.45, 7) is 6.89. The van der Waals surface area contributed by atoms with Gasteiger partial charge in [0, 0.05) is 5.56 Å². The van der Waals surface area contributed by atoms with E-state index in [-0.39, 0.29) is 28.2 Å². The first-order valence-corrected chi connectivity index (χ1v) is 10.3. The van der Waals surface area contributed by atoms with Gasteiger partial charge >= 0.3 is 5.97 Å². The Morgan fingerprint density at radius 3 is 2.33 bits per heavy atom. The largest absolute Gasteiger partial charge is 0.497 e. The van der Waals surface area contributed by atoms with E-state index in [1.807, 2.05) is 31.2 Å². The van der Waals surface area contributed by atoms with Crippen molar-refractivity contribution in [2.45, 2.75) is 45.1 Å². The number of hydrogen-bond acceptors (Lipinski definition) is 5. The Morgan fingerprint density at radius 2 is 1.77 bits per heavy atom. The van der Waals surface area contributed by atoms with Gasteiger partial charge in [0.25, 0.3) is 0 Å². The number of rotatable bonds is 5. The summed E-state index contributed by atoms with van der Waals surface area (Å²) in [7, 11) is 1.59. The minimum atomic E-state index is -0.786. The molecule has 0 aromatic heterocycles. The van der Waals surface area contributed by atoms with E-state index in [1.165, 1.54) is 0 Å². The van der Waals surface area contributed by atoms with Crippen LogP contribution in [0.2, 0.25) is 10.0 Å². The van der Waals surface area contributed by atoms with Gasteiger partial charge in [-0.15, -0.1) is 0 Å². The summed E-state index contributed by atoms with van der Waals surface area (Å²) >= 11 is 12.8. The lowest BCUT2D eigenvalue weighted by molar-refractivity contribution is -0.157. The maximum absolute atomic E-state index is 13.3. The highest BCUT2D eigenvalue weighted by Crippen LogP contribution is 2.47. The van der Waals surface area contributed by atoms with Crippen LogP contribution in [0.15, 0.2) is 30.3 Å². The van der Waals surface area contributed by atoms with Gasteiger partial charge in [0.05, 0.1) is 17.5 Å². The number of ketones is 1. The Morgan fingerprint density at radius 1 is 1.13 bits per heavy atom. The van der Waals surface area contributed by atoms with Crippen LogP contribution in [-0.2, 0) is 21.4 Å². The third-order valence-electron chi connectivity index (χ3n) is 5.02. The van der Waals surface area contributed by atoms with Gasteiger partial charge in [0.2, 0.25) is 0 Å². The molecule has 5 nitrogen and oxygen atoms in total. The van der Waals surface area contributed by atoms with Crippen molar-refractivity contribution in [1.29, 1.82) is 0 Å². The highest BCUT2D eigenvalue weighted by atomic mass is 35.5. The molecule has 7 heteroatoms. The predicted octanol–water partition coefficient (Wildman–Crippen LogP) is 5.42. The molecule has 0 amide bonds. The van der Waals surface area contributed by atoms with Crippen molar-refractivity contribution in [3.05, 3.63) is 57.1 Å². The number of carbonyl (C=O) groups is 2. The van der Waals surface area contributed by atoms with Crippen molar-refractivity contribution in [2.24, 2.45) is 0 Å². The van der Waals surface area contributed by atoms with E-state index < -0.39 is 17.0 Å². The molecular weight excluding hydrogens is 427 g/mol. The Bertz CT molecular complexity index is 992. The lowest BCUT2D eigenvalue weighted by Crippen LogP contribution is -2.29. The van der Waals surface area contributed by atoms with Crippen LogP contribution in [0.3, 0.4) is 0 Å². The van der Waals surface area contributed by atoms with Crippen LogP contribution in [0.1, 0.15) is 49.2 Å². The fourth-order valence-electron chi connectivity index (χ4n) is 3.58. The molecule has 0 heterocycles. The summed E-state index contributed by atoms with van der Waals surface area (Å²) in [6.07, 6.45) is 0.438. The van der Waals surface area contributed by atoms with Gasteiger partial charge in [-0.05, 0) is 63.4 Å². The smallest absolute Gasteiger partial charge is 0.344 e. The fraction of sp³-hybridized carbons (Fsp3) is 0.391. The highest BCUT2D eigenvalue weighted by Gasteiger charge is 2.45. The van der Waals surface area contributed by atoms with Crippen molar-refractivity contribution in [2.75, 3.05) is 13.7 Å². The monoisotopic (exact) mass is 450 g/mol. The number of halogens is 2. The fourth-order valence-corrected chi connectivity index (χ4v) is 4.08. The van der Waals surface area contributed by atoms with Crippen molar-refractivity contribution in [1.82, 2.24) is 0 Å². The van der Waals surface area contributed by atoms with E-state index in [2.05, 4.69) is 0 Å². The molecule has 0 N–H and O–H groups in total. The lowest BCUT2D eigenvalue weighted by atomic mass is 9.79. The van der Waals surface area contributed by atoms with Crippen molar-refractivity contribution < 1.29 is 23.8 Å². The number of carbonyl (C=O) groups excluding carboxylic acids is 2. The molecule has 30 heavy (non-hydrogen) atoms. The van der Waals surface area contributed by atoms with Gasteiger partial charge in [0.15, 0.2) is 12.4 Å². The third kappa shape index (κ3) is 4.28. The topological polar surface area (TPSA) is 61.8 Å². The number of hydrogen-bond donors (Lipinski definition) is 0. The van der Waals surface area contributed by atoms with Gasteiger partial charge in [-0.25, -0.2) is 4.79 Å². The average molecular weight is 451 g/mol. The lowest BCUT2D eigenvalue weighted by Gasteiger charge is -2.22. The molecule has 1 unspecified atom stereocenters. The van der Waals surface area contributed by atoms with E-state index in [9.17, 15) is 9.59 Å². The molecule has 0 radical (unpaired) electrons. The molecule has 0 aliphatic heterocycles. The first-order valence-electron chi connectivity index (χ1n) is 9.51. The number of esters is 1. The van der Waals surface area contributed by atoms with E-state index in [0.717, 1.165) is 11.1 Å². The molecule has 160 valence electrons. The molecular formula is C23H24Cl2O5. The van der Waals surface area contributed by atoms with Gasteiger partial charge in [-0.3, -0.25) is 4.79 Å². The third-order valence-corrected chi connectivity index (χ3v) is 5.87. The minimum absolute atomic E-state index is 0.103. The van der Waals surface area contributed by atoms with Gasteiger partial charge in [-0.1, -0.05) is 35.3 Å². The second kappa shape index (κ2) is 8.12. The van der Waals surface area contributed by atoms with Crippen LogP contribution >= 0.6 is 23.2 Å². The first kappa shape index (κ1) is 22.4. The number of Topliss-reactive ketones (excluding diaryl/α,β-unsaturated/α-hetero) is 1. The Kier molecular flexibility index (Phi) is 6.08. The first-order chi connectivity index (χ1) is 14.0. The maximum atomic E-state index is 13.3. The summed E-state index contributed by atoms with van der Waals surface area (Å²) in [4.78, 5) is 25.3. The molecule has 0 saturated heterocycles. The van der Waals surface area contributed by atoms with Gasteiger partial charge in [0.1, 0.15) is 22.1 Å². The summed E-state index contributed by atoms with van der Waals surface area (Å²) < 4.78 is 16.0. The van der Waals surface area contributed by atoms with Crippen LogP contribution < -0.4 is 9.47 Å². The molecule has 2 aromatic rings.